The van der Waals surface area contributed by atoms with E-state index >= 15 is 0 Å². The van der Waals surface area contributed by atoms with Crippen LogP contribution in [0.1, 0.15) is 22.3 Å². The molecule has 0 saturated heterocycles. The van der Waals surface area contributed by atoms with E-state index < -0.39 is 5.43 Å². The average Bonchev–Trinajstić information content (AvgIpc) is 3.53. The molecule has 0 atom stereocenters. The fraction of sp³-hybridized carbons (Fsp3) is 0.105. The quantitative estimate of drug-likeness (QED) is 0.195. The van der Waals surface area contributed by atoms with Crippen molar-refractivity contribution in [1.82, 2.24) is 0 Å². The summed E-state index contributed by atoms with van der Waals surface area (Å²) in [5.41, 5.74) is 8.59. The van der Waals surface area contributed by atoms with Crippen LogP contribution >= 0.6 is 0 Å². The first-order chi connectivity index (χ1) is 20.2. The van der Waals surface area contributed by atoms with Crippen LogP contribution in [0.25, 0.3) is 22.3 Å². The molecule has 0 amide bonds. The molecule has 0 heterocycles. The van der Waals surface area contributed by atoms with E-state index in [0.29, 0.717) is 0 Å². The fourth-order valence-electron chi connectivity index (χ4n) is 5.03. The Morgan fingerprint density at radius 3 is 1.07 bits per heavy atom. The normalized spacial score (nSPS) is 9.82. The zero-order valence-electron chi connectivity index (χ0n) is 25.2. The summed E-state index contributed by atoms with van der Waals surface area (Å²) in [6.45, 7) is 8.20. The molecule has 6 heteroatoms. The molecule has 0 radical (unpaired) electrons. The molecule has 6 rings (SSSR count). The van der Waals surface area contributed by atoms with Crippen molar-refractivity contribution in [3.8, 4) is 22.3 Å². The first-order valence-corrected chi connectivity index (χ1v) is 19.1. The summed E-state index contributed by atoms with van der Waals surface area (Å²) in [5.74, 6) is -0.356. The second-order valence-corrected chi connectivity index (χ2v) is 15.9. The summed E-state index contributed by atoms with van der Waals surface area (Å²) in [4.78, 5) is 0. The molecular weight excluding hydrogens is 685 g/mol. The molecule has 0 spiro atoms. The second-order valence-electron chi connectivity index (χ2n) is 10.3. The molecule has 0 aliphatic rings. The number of halogens is 4. The molecular formula is C38H34Cl2F2SiZr-2. The first-order valence-electron chi connectivity index (χ1n) is 13.9. The Hall–Kier alpha value is -2.88. The Kier molecular flexibility index (Phi) is 15.4. The minimum absolute atomic E-state index is 0. The predicted molar refractivity (Wildman–Crippen MR) is 172 cm³/mol. The molecule has 0 aliphatic heterocycles. The van der Waals surface area contributed by atoms with E-state index in [1.165, 1.54) is 44.8 Å². The van der Waals surface area contributed by atoms with E-state index in [0.717, 1.165) is 22.3 Å². The topological polar surface area (TPSA) is 0 Å². The van der Waals surface area contributed by atoms with Crippen LogP contribution in [0.2, 0.25) is 0 Å². The van der Waals surface area contributed by atoms with Gasteiger partial charge in [-0.05, 0) is 12.1 Å². The van der Waals surface area contributed by atoms with Gasteiger partial charge in [0.1, 0.15) is 0 Å². The van der Waals surface area contributed by atoms with Crippen LogP contribution in [0.5, 0.6) is 0 Å². The van der Waals surface area contributed by atoms with Crippen molar-refractivity contribution >= 4 is 15.8 Å². The van der Waals surface area contributed by atoms with Gasteiger partial charge in [0.15, 0.2) is 0 Å². The predicted octanol–water partition coefficient (Wildman–Crippen LogP) is 3.00. The van der Waals surface area contributed by atoms with Gasteiger partial charge in [0.2, 0.25) is 0 Å². The van der Waals surface area contributed by atoms with Crippen LogP contribution in [-0.2, 0) is 23.3 Å². The maximum absolute atomic E-state index is 13.0. The van der Waals surface area contributed by atoms with E-state index in [-0.39, 0.29) is 36.4 Å². The van der Waals surface area contributed by atoms with Crippen molar-refractivity contribution in [2.75, 3.05) is 0 Å². The van der Waals surface area contributed by atoms with Crippen LogP contribution in [0.3, 0.4) is 0 Å². The standard InChI is InChI=1S/2C13H12F.C12H10Si.2ClH.Zr/c2*1-9-6-7-10(2)13(9)11-4-3-5-12(14)8-11;1-3-7-11(8-4-1)13-12-9-5-2-6-10-12;;;/h2*3-8H,1-2H3;1-10H;2*1H;/q2*-1;;;;+2/p-2. The number of rotatable bonds is 4. The summed E-state index contributed by atoms with van der Waals surface area (Å²) in [6.07, 6.45) is 0. The van der Waals surface area contributed by atoms with Crippen molar-refractivity contribution in [2.45, 2.75) is 27.7 Å². The van der Waals surface area contributed by atoms with Gasteiger partial charge in [-0.25, -0.2) is 8.78 Å². The summed E-state index contributed by atoms with van der Waals surface area (Å²) < 4.78 is 26.0. The molecule has 0 aromatic heterocycles. The maximum atomic E-state index is 13.0. The molecule has 6 aromatic carbocycles. The Morgan fingerprint density at radius 2 is 0.773 bits per heavy atom. The monoisotopic (exact) mass is 716 g/mol. The summed E-state index contributed by atoms with van der Waals surface area (Å²) >= 11 is 1.64. The van der Waals surface area contributed by atoms with E-state index in [2.05, 4.69) is 84.9 Å². The first kappa shape index (κ1) is 37.3. The molecule has 0 fully saturated rings. The summed E-state index contributed by atoms with van der Waals surface area (Å²) in [7, 11) is 0. The Bertz CT molecular complexity index is 1590. The van der Waals surface area contributed by atoms with E-state index in [1.807, 2.05) is 39.8 Å². The van der Waals surface area contributed by atoms with E-state index in [9.17, 15) is 8.78 Å². The average molecular weight is 719 g/mol. The van der Waals surface area contributed by atoms with Gasteiger partial charge in [-0.15, -0.1) is 69.8 Å². The molecule has 0 N–H and O–H groups in total. The van der Waals surface area contributed by atoms with Gasteiger partial charge >= 0.3 is 99.8 Å². The SMILES string of the molecule is Cc1ccc(C)[c-]1-c1cccc(F)c1.Cc1ccc(C)[c-]1-c1cccc(F)c1.[Cl-].[Cl-].[Zr+2]=[Si](c1ccccc1)c1ccccc1. The third-order valence-corrected chi connectivity index (χ3v) is 13.2. The summed E-state index contributed by atoms with van der Waals surface area (Å²) in [6, 6.07) is 43.4. The Labute approximate surface area is 288 Å². The number of hydrogen-bond donors (Lipinski definition) is 0. The molecule has 224 valence electrons. The van der Waals surface area contributed by atoms with Gasteiger partial charge < -0.3 is 24.8 Å². The zero-order chi connectivity index (χ0) is 30.1. The molecule has 0 aliphatic carbocycles. The molecule has 0 unspecified atom stereocenters. The number of hydrogen-bond acceptors (Lipinski definition) is 0. The van der Waals surface area contributed by atoms with Gasteiger partial charge in [-0.2, -0.15) is 0 Å². The van der Waals surface area contributed by atoms with Crippen LogP contribution in [0.15, 0.2) is 133 Å². The van der Waals surface area contributed by atoms with Crippen molar-refractivity contribution in [1.29, 1.82) is 0 Å². The summed E-state index contributed by atoms with van der Waals surface area (Å²) in [5, 5.41) is 3.03. The Balaban J connectivity index is 0.000000225. The third-order valence-electron chi connectivity index (χ3n) is 7.10. The Morgan fingerprint density at radius 1 is 0.455 bits per heavy atom. The fourth-order valence-corrected chi connectivity index (χ4v) is 8.87. The number of aryl methyl sites for hydroxylation is 4. The van der Waals surface area contributed by atoms with Gasteiger partial charge in [0, 0.05) is 0 Å². The van der Waals surface area contributed by atoms with Crippen molar-refractivity contribution in [3.63, 3.8) is 0 Å². The van der Waals surface area contributed by atoms with Gasteiger partial charge in [-0.3, -0.25) is 0 Å². The van der Waals surface area contributed by atoms with Crippen molar-refractivity contribution < 1.29 is 56.9 Å². The van der Waals surface area contributed by atoms with E-state index in [4.69, 9.17) is 0 Å². The zero-order valence-corrected chi connectivity index (χ0v) is 30.2. The van der Waals surface area contributed by atoms with Crippen LogP contribution in [0, 0.1) is 39.3 Å². The van der Waals surface area contributed by atoms with Gasteiger partial charge in [0.05, 0.1) is 11.6 Å². The molecule has 6 aromatic rings. The second kappa shape index (κ2) is 18.2. The van der Waals surface area contributed by atoms with Gasteiger partial charge in [0.25, 0.3) is 0 Å². The minimum atomic E-state index is -0.455. The van der Waals surface area contributed by atoms with Gasteiger partial charge in [-0.1, -0.05) is 63.1 Å². The van der Waals surface area contributed by atoms with Crippen molar-refractivity contribution in [2.24, 2.45) is 0 Å². The molecule has 0 nitrogen and oxygen atoms in total. The molecule has 0 bridgehead atoms. The third kappa shape index (κ3) is 10.1. The van der Waals surface area contributed by atoms with E-state index in [1.54, 1.807) is 47.6 Å². The van der Waals surface area contributed by atoms with Crippen LogP contribution < -0.4 is 35.2 Å². The molecule has 0 saturated carbocycles. The van der Waals surface area contributed by atoms with Crippen molar-refractivity contribution in [3.05, 3.63) is 167 Å². The van der Waals surface area contributed by atoms with Crippen LogP contribution in [0.4, 0.5) is 8.78 Å². The van der Waals surface area contributed by atoms with Crippen LogP contribution in [-0.4, -0.2) is 5.43 Å². The molecule has 44 heavy (non-hydrogen) atoms. The number of benzene rings is 4.